The number of nitrogen functional groups attached to an aromatic ring is 1. The molecule has 7 nitrogen and oxygen atoms in total. The molecule has 0 atom stereocenters. The molecule has 0 fully saturated rings. The molecule has 1 amide bonds. The second kappa shape index (κ2) is 8.53. The van der Waals surface area contributed by atoms with Gasteiger partial charge in [0, 0.05) is 13.1 Å². The minimum atomic E-state index is -0.333. The van der Waals surface area contributed by atoms with Gasteiger partial charge in [-0.05, 0) is 38.1 Å². The lowest BCUT2D eigenvalue weighted by Crippen LogP contribution is -2.32. The molecule has 130 valence electrons. The zero-order valence-electron chi connectivity index (χ0n) is 13.6. The Kier molecular flexibility index (Phi) is 6.42. The SMILES string of the molecule is CCN(CC)C(=O)CSc1nnc(COc2ccc(F)cc2)n1N. The predicted molar refractivity (Wildman–Crippen MR) is 89.6 cm³/mol. The zero-order valence-corrected chi connectivity index (χ0v) is 14.4. The maximum Gasteiger partial charge on any atom is 0.233 e. The predicted octanol–water partition coefficient (Wildman–Crippen LogP) is 1.67. The Hall–Kier alpha value is -2.29. The number of hydrogen-bond donors (Lipinski definition) is 1. The van der Waals surface area contributed by atoms with Crippen LogP contribution < -0.4 is 10.6 Å². The quantitative estimate of drug-likeness (QED) is 0.574. The Balaban J connectivity index is 1.91. The third-order valence-corrected chi connectivity index (χ3v) is 4.29. The van der Waals surface area contributed by atoms with Gasteiger partial charge in [0.15, 0.2) is 5.82 Å². The lowest BCUT2D eigenvalue weighted by molar-refractivity contribution is -0.127. The fraction of sp³-hybridized carbons (Fsp3) is 0.400. The van der Waals surface area contributed by atoms with E-state index in [1.807, 2.05) is 13.8 Å². The first-order valence-corrected chi connectivity index (χ1v) is 8.52. The average molecular weight is 353 g/mol. The van der Waals surface area contributed by atoms with Crippen molar-refractivity contribution >= 4 is 17.7 Å². The second-order valence-corrected chi connectivity index (χ2v) is 5.81. The Labute approximate surface area is 144 Å². The summed E-state index contributed by atoms with van der Waals surface area (Å²) in [6.07, 6.45) is 0. The van der Waals surface area contributed by atoms with Gasteiger partial charge in [0.1, 0.15) is 18.2 Å². The molecule has 0 bridgehead atoms. The van der Waals surface area contributed by atoms with E-state index in [0.717, 1.165) is 0 Å². The van der Waals surface area contributed by atoms with Crippen molar-refractivity contribution in [2.75, 3.05) is 24.7 Å². The largest absolute Gasteiger partial charge is 0.486 e. The van der Waals surface area contributed by atoms with Crippen molar-refractivity contribution in [3.05, 3.63) is 35.9 Å². The summed E-state index contributed by atoms with van der Waals surface area (Å²) in [5.41, 5.74) is 0. The number of thioether (sulfide) groups is 1. The van der Waals surface area contributed by atoms with E-state index >= 15 is 0 Å². The van der Waals surface area contributed by atoms with Crippen LogP contribution in [0.4, 0.5) is 4.39 Å². The molecule has 2 N–H and O–H groups in total. The highest BCUT2D eigenvalue weighted by molar-refractivity contribution is 7.99. The number of carbonyl (C=O) groups is 1. The van der Waals surface area contributed by atoms with Crippen molar-refractivity contribution in [1.82, 2.24) is 19.8 Å². The van der Waals surface area contributed by atoms with Crippen molar-refractivity contribution in [2.45, 2.75) is 25.6 Å². The van der Waals surface area contributed by atoms with E-state index < -0.39 is 0 Å². The van der Waals surface area contributed by atoms with Crippen LogP contribution in [0.25, 0.3) is 0 Å². The summed E-state index contributed by atoms with van der Waals surface area (Å²) < 4.78 is 19.6. The molecule has 2 rings (SSSR count). The molecule has 0 saturated carbocycles. The molecule has 0 unspecified atom stereocenters. The number of nitrogens with two attached hydrogens (primary N) is 1. The molecule has 0 aliphatic rings. The van der Waals surface area contributed by atoms with E-state index in [0.29, 0.717) is 29.8 Å². The van der Waals surface area contributed by atoms with Gasteiger partial charge in [0.2, 0.25) is 11.1 Å². The molecule has 1 aromatic carbocycles. The van der Waals surface area contributed by atoms with E-state index in [-0.39, 0.29) is 24.1 Å². The van der Waals surface area contributed by atoms with Gasteiger partial charge < -0.3 is 15.5 Å². The van der Waals surface area contributed by atoms with Crippen LogP contribution in [0.5, 0.6) is 5.75 Å². The van der Waals surface area contributed by atoms with E-state index in [4.69, 9.17) is 10.6 Å². The summed E-state index contributed by atoms with van der Waals surface area (Å²) >= 11 is 1.23. The van der Waals surface area contributed by atoms with Gasteiger partial charge >= 0.3 is 0 Å². The topological polar surface area (TPSA) is 86.3 Å². The van der Waals surface area contributed by atoms with Crippen molar-refractivity contribution < 1.29 is 13.9 Å². The standard InChI is InChI=1S/C15H20FN5O2S/c1-3-20(4-2)14(22)10-24-15-19-18-13(21(15)17)9-23-12-7-5-11(16)6-8-12/h5-8H,3-4,9-10,17H2,1-2H3. The Bertz CT molecular complexity index is 673. The minimum Gasteiger partial charge on any atom is -0.486 e. The van der Waals surface area contributed by atoms with E-state index in [1.165, 1.54) is 40.7 Å². The fourth-order valence-corrected chi connectivity index (χ4v) is 2.75. The summed E-state index contributed by atoms with van der Waals surface area (Å²) in [6, 6.07) is 5.65. The molecule has 2 aromatic rings. The number of hydrogen-bond acceptors (Lipinski definition) is 6. The van der Waals surface area contributed by atoms with Crippen molar-refractivity contribution in [2.24, 2.45) is 0 Å². The highest BCUT2D eigenvalue weighted by Gasteiger charge is 2.15. The highest BCUT2D eigenvalue weighted by atomic mass is 32.2. The molecular weight excluding hydrogens is 333 g/mol. The smallest absolute Gasteiger partial charge is 0.233 e. The molecule has 0 saturated heterocycles. The number of rotatable bonds is 8. The average Bonchev–Trinajstić information content (AvgIpc) is 2.93. The van der Waals surface area contributed by atoms with Crippen LogP contribution in [-0.4, -0.2) is 44.5 Å². The molecule has 0 aliphatic carbocycles. The van der Waals surface area contributed by atoms with Crippen LogP contribution in [0.3, 0.4) is 0 Å². The third-order valence-electron chi connectivity index (χ3n) is 3.36. The molecule has 9 heteroatoms. The fourth-order valence-electron chi connectivity index (χ4n) is 1.98. The van der Waals surface area contributed by atoms with Crippen molar-refractivity contribution in [3.8, 4) is 5.75 Å². The van der Waals surface area contributed by atoms with Crippen molar-refractivity contribution in [1.29, 1.82) is 0 Å². The van der Waals surface area contributed by atoms with Gasteiger partial charge in [-0.25, -0.2) is 9.07 Å². The Morgan fingerprint density at radius 3 is 2.58 bits per heavy atom. The van der Waals surface area contributed by atoms with Crippen LogP contribution in [-0.2, 0) is 11.4 Å². The highest BCUT2D eigenvalue weighted by Crippen LogP contribution is 2.17. The number of benzene rings is 1. The Morgan fingerprint density at radius 2 is 1.96 bits per heavy atom. The summed E-state index contributed by atoms with van der Waals surface area (Å²) in [5.74, 6) is 6.78. The van der Waals surface area contributed by atoms with Gasteiger partial charge in [0.05, 0.1) is 5.75 Å². The van der Waals surface area contributed by atoms with Gasteiger partial charge in [-0.1, -0.05) is 11.8 Å². The molecule has 0 aliphatic heterocycles. The van der Waals surface area contributed by atoms with Crippen LogP contribution in [0.2, 0.25) is 0 Å². The third kappa shape index (κ3) is 4.60. The maximum absolute atomic E-state index is 12.8. The summed E-state index contributed by atoms with van der Waals surface area (Å²) in [6.45, 7) is 5.30. The van der Waals surface area contributed by atoms with E-state index in [2.05, 4.69) is 10.2 Å². The van der Waals surface area contributed by atoms with E-state index in [1.54, 1.807) is 4.90 Å². The normalized spacial score (nSPS) is 10.6. The number of nitrogens with zero attached hydrogens (tertiary/aromatic N) is 4. The number of amides is 1. The van der Waals surface area contributed by atoms with Gasteiger partial charge in [-0.15, -0.1) is 10.2 Å². The van der Waals surface area contributed by atoms with Crippen LogP contribution >= 0.6 is 11.8 Å². The summed E-state index contributed by atoms with van der Waals surface area (Å²) in [7, 11) is 0. The van der Waals surface area contributed by atoms with Crippen LogP contribution in [0.15, 0.2) is 29.4 Å². The lowest BCUT2D eigenvalue weighted by atomic mass is 10.3. The number of aromatic nitrogens is 3. The first kappa shape index (κ1) is 18.1. The van der Waals surface area contributed by atoms with Gasteiger partial charge in [-0.2, -0.15) is 0 Å². The van der Waals surface area contributed by atoms with Gasteiger partial charge in [0.25, 0.3) is 0 Å². The monoisotopic (exact) mass is 353 g/mol. The van der Waals surface area contributed by atoms with Crippen LogP contribution in [0, 0.1) is 5.82 Å². The van der Waals surface area contributed by atoms with E-state index in [9.17, 15) is 9.18 Å². The molecule has 0 spiro atoms. The first-order valence-electron chi connectivity index (χ1n) is 7.53. The molecule has 0 radical (unpaired) electrons. The first-order chi connectivity index (χ1) is 11.5. The molecule has 24 heavy (non-hydrogen) atoms. The molecular formula is C15H20FN5O2S. The summed E-state index contributed by atoms with van der Waals surface area (Å²) in [4.78, 5) is 13.7. The second-order valence-electron chi connectivity index (χ2n) is 4.87. The zero-order chi connectivity index (χ0) is 17.5. The minimum absolute atomic E-state index is 0.0251. The number of carbonyl (C=O) groups excluding carboxylic acids is 1. The molecule has 1 heterocycles. The summed E-state index contributed by atoms with van der Waals surface area (Å²) in [5, 5.41) is 8.36. The lowest BCUT2D eigenvalue weighted by Gasteiger charge is -2.17. The van der Waals surface area contributed by atoms with Crippen LogP contribution in [0.1, 0.15) is 19.7 Å². The maximum atomic E-state index is 12.8. The van der Waals surface area contributed by atoms with Gasteiger partial charge in [-0.3, -0.25) is 4.79 Å². The Morgan fingerprint density at radius 1 is 1.29 bits per heavy atom. The van der Waals surface area contributed by atoms with Crippen molar-refractivity contribution in [3.63, 3.8) is 0 Å². The number of ether oxygens (including phenoxy) is 1. The number of halogens is 1. The molecule has 1 aromatic heterocycles.